The fourth-order valence-electron chi connectivity index (χ4n) is 2.07. The Hall–Kier alpha value is -1.63. The minimum absolute atomic E-state index is 0.407. The van der Waals surface area contributed by atoms with E-state index in [0.717, 1.165) is 32.6 Å². The Kier molecular flexibility index (Phi) is 7.14. The Balaban J connectivity index is 3.11. The second-order valence-electron chi connectivity index (χ2n) is 5.13. The van der Waals surface area contributed by atoms with Crippen LogP contribution >= 0.6 is 0 Å². The lowest BCUT2D eigenvalue weighted by Gasteiger charge is -2.26. The highest BCUT2D eigenvalue weighted by atomic mass is 15.4. The maximum absolute atomic E-state index is 5.50. The molecule has 1 unspecified atom stereocenters. The maximum Gasteiger partial charge on any atom is 0.243 e. The highest BCUT2D eigenvalue weighted by molar-refractivity contribution is 5.44. The smallest absolute Gasteiger partial charge is 0.243 e. The van der Waals surface area contributed by atoms with Crippen LogP contribution in [0.15, 0.2) is 0 Å². The van der Waals surface area contributed by atoms with Gasteiger partial charge < -0.3 is 9.80 Å². The lowest BCUT2D eigenvalue weighted by molar-refractivity contribution is 0.542. The van der Waals surface area contributed by atoms with Crippen LogP contribution in [0.5, 0.6) is 0 Å². The van der Waals surface area contributed by atoms with Crippen molar-refractivity contribution in [3.05, 3.63) is 0 Å². The largest absolute Gasteiger partial charge is 0.341 e. The molecule has 0 saturated heterocycles. The van der Waals surface area contributed by atoms with Crippen LogP contribution in [0.2, 0.25) is 0 Å². The van der Waals surface area contributed by atoms with Crippen molar-refractivity contribution in [1.82, 2.24) is 15.0 Å². The van der Waals surface area contributed by atoms with E-state index >= 15 is 0 Å². The molecule has 0 aliphatic rings. The number of nitrogens with two attached hydrogens (primary N) is 1. The molecular weight excluding hydrogens is 266 g/mol. The van der Waals surface area contributed by atoms with Gasteiger partial charge >= 0.3 is 0 Å². The summed E-state index contributed by atoms with van der Waals surface area (Å²) in [5.41, 5.74) is 2.54. The van der Waals surface area contributed by atoms with E-state index in [1.54, 1.807) is 0 Å². The molecule has 0 aliphatic carbocycles. The second-order valence-corrected chi connectivity index (χ2v) is 5.13. The van der Waals surface area contributed by atoms with Gasteiger partial charge in [0.1, 0.15) is 0 Å². The maximum atomic E-state index is 5.50. The Morgan fingerprint density at radius 1 is 0.952 bits per heavy atom. The predicted molar refractivity (Wildman–Crippen MR) is 88.5 cm³/mol. The van der Waals surface area contributed by atoms with Crippen LogP contribution in [0.1, 0.15) is 41.0 Å². The zero-order valence-corrected chi connectivity index (χ0v) is 13.9. The fourth-order valence-corrected chi connectivity index (χ4v) is 2.07. The lowest BCUT2D eigenvalue weighted by Crippen LogP contribution is -2.32. The highest BCUT2D eigenvalue weighted by Crippen LogP contribution is 2.17. The van der Waals surface area contributed by atoms with Gasteiger partial charge in [0, 0.05) is 26.2 Å². The lowest BCUT2D eigenvalue weighted by atomic mass is 10.1. The van der Waals surface area contributed by atoms with Crippen molar-refractivity contribution in [1.29, 1.82) is 0 Å². The molecule has 1 aromatic rings. The summed E-state index contributed by atoms with van der Waals surface area (Å²) in [4.78, 5) is 17.6. The molecule has 21 heavy (non-hydrogen) atoms. The molecule has 0 amide bonds. The van der Waals surface area contributed by atoms with E-state index in [-0.39, 0.29) is 0 Å². The quantitative estimate of drug-likeness (QED) is 0.531. The summed E-state index contributed by atoms with van der Waals surface area (Å²) in [5.74, 6) is 7.85. The van der Waals surface area contributed by atoms with E-state index in [1.165, 1.54) is 0 Å². The molecular formula is C14H29N7. The summed E-state index contributed by atoms with van der Waals surface area (Å²) >= 11 is 0. The summed E-state index contributed by atoms with van der Waals surface area (Å²) < 4.78 is 0. The van der Waals surface area contributed by atoms with Crippen molar-refractivity contribution >= 4 is 17.8 Å². The molecule has 0 radical (unpaired) electrons. The number of nitrogens with zero attached hydrogens (tertiary/aromatic N) is 5. The van der Waals surface area contributed by atoms with Gasteiger partial charge in [-0.15, -0.1) is 0 Å². The number of aromatic nitrogens is 3. The monoisotopic (exact) mass is 295 g/mol. The van der Waals surface area contributed by atoms with Gasteiger partial charge in [-0.2, -0.15) is 15.0 Å². The summed E-state index contributed by atoms with van der Waals surface area (Å²) in [5, 5.41) is 0. The van der Waals surface area contributed by atoms with E-state index in [0.29, 0.717) is 23.8 Å². The standard InChI is InChI=1S/C14H29N7/c1-6-11(5)10-21(9-4)14-17-12(19-15)16-13(18-14)20(7-2)8-3/h11H,6-10,15H2,1-5H3,(H,16,17,18,19). The molecule has 0 aliphatic heterocycles. The third-order valence-electron chi connectivity index (χ3n) is 3.68. The van der Waals surface area contributed by atoms with Crippen LogP contribution < -0.4 is 21.1 Å². The van der Waals surface area contributed by atoms with Gasteiger partial charge in [0.25, 0.3) is 0 Å². The number of hydrazine groups is 1. The molecule has 1 atom stereocenters. The highest BCUT2D eigenvalue weighted by Gasteiger charge is 2.16. The topological polar surface area (TPSA) is 83.2 Å². The Labute approximate surface area is 127 Å². The second kappa shape index (κ2) is 8.61. The van der Waals surface area contributed by atoms with E-state index in [9.17, 15) is 0 Å². The Morgan fingerprint density at radius 3 is 1.90 bits per heavy atom. The van der Waals surface area contributed by atoms with Gasteiger partial charge in [0.2, 0.25) is 17.8 Å². The molecule has 120 valence electrons. The number of nitrogen functional groups attached to an aromatic ring is 1. The molecule has 0 saturated carbocycles. The molecule has 0 spiro atoms. The van der Waals surface area contributed by atoms with Gasteiger partial charge in [-0.25, -0.2) is 5.84 Å². The number of hydrogen-bond acceptors (Lipinski definition) is 7. The average Bonchev–Trinajstić information content (AvgIpc) is 2.53. The normalized spacial score (nSPS) is 12.1. The molecule has 1 heterocycles. The molecule has 0 aromatic carbocycles. The van der Waals surface area contributed by atoms with E-state index in [2.05, 4.69) is 64.8 Å². The third kappa shape index (κ3) is 4.70. The Bertz CT molecular complexity index is 420. The van der Waals surface area contributed by atoms with Gasteiger partial charge in [-0.1, -0.05) is 20.3 Å². The van der Waals surface area contributed by atoms with Crippen LogP contribution in [0.25, 0.3) is 0 Å². The van der Waals surface area contributed by atoms with Crippen molar-refractivity contribution in [3.8, 4) is 0 Å². The van der Waals surface area contributed by atoms with E-state index in [4.69, 9.17) is 5.84 Å². The van der Waals surface area contributed by atoms with Crippen molar-refractivity contribution in [2.24, 2.45) is 11.8 Å². The summed E-state index contributed by atoms with van der Waals surface area (Å²) in [7, 11) is 0. The van der Waals surface area contributed by atoms with E-state index in [1.807, 2.05) is 0 Å². The number of nitrogens with one attached hydrogen (secondary N) is 1. The van der Waals surface area contributed by atoms with Crippen molar-refractivity contribution in [2.75, 3.05) is 41.4 Å². The van der Waals surface area contributed by atoms with Crippen LogP contribution in [0.3, 0.4) is 0 Å². The Morgan fingerprint density at radius 2 is 1.48 bits per heavy atom. The minimum atomic E-state index is 0.407. The number of hydrogen-bond donors (Lipinski definition) is 2. The first-order valence-electron chi connectivity index (χ1n) is 7.81. The first kappa shape index (κ1) is 17.4. The van der Waals surface area contributed by atoms with Crippen molar-refractivity contribution < 1.29 is 0 Å². The fraction of sp³-hybridized carbons (Fsp3) is 0.786. The minimum Gasteiger partial charge on any atom is -0.341 e. The van der Waals surface area contributed by atoms with Gasteiger partial charge in [0.15, 0.2) is 0 Å². The van der Waals surface area contributed by atoms with Crippen LogP contribution in [0, 0.1) is 5.92 Å². The SMILES string of the molecule is CCC(C)CN(CC)c1nc(NN)nc(N(CC)CC)n1. The molecule has 7 heteroatoms. The van der Waals surface area contributed by atoms with Gasteiger partial charge in [0.05, 0.1) is 0 Å². The summed E-state index contributed by atoms with van der Waals surface area (Å²) in [6, 6.07) is 0. The van der Waals surface area contributed by atoms with Crippen LogP contribution in [-0.4, -0.2) is 41.1 Å². The van der Waals surface area contributed by atoms with Crippen molar-refractivity contribution in [3.63, 3.8) is 0 Å². The molecule has 1 aromatic heterocycles. The van der Waals surface area contributed by atoms with Crippen LogP contribution in [-0.2, 0) is 0 Å². The van der Waals surface area contributed by atoms with E-state index < -0.39 is 0 Å². The van der Waals surface area contributed by atoms with Crippen LogP contribution in [0.4, 0.5) is 17.8 Å². The third-order valence-corrected chi connectivity index (χ3v) is 3.68. The molecule has 1 rings (SSSR count). The molecule has 3 N–H and O–H groups in total. The first-order valence-corrected chi connectivity index (χ1v) is 7.81. The number of anilines is 3. The van der Waals surface area contributed by atoms with Gasteiger partial charge in [-0.3, -0.25) is 5.43 Å². The summed E-state index contributed by atoms with van der Waals surface area (Å²) in [6.07, 6.45) is 1.13. The zero-order chi connectivity index (χ0) is 15.8. The molecule has 7 nitrogen and oxygen atoms in total. The summed E-state index contributed by atoms with van der Waals surface area (Å²) in [6.45, 7) is 14.2. The molecule has 0 bridgehead atoms. The molecule has 0 fully saturated rings. The zero-order valence-electron chi connectivity index (χ0n) is 13.9. The predicted octanol–water partition coefficient (Wildman–Crippen LogP) is 1.88. The first-order chi connectivity index (χ1) is 10.1. The van der Waals surface area contributed by atoms with Gasteiger partial charge in [-0.05, 0) is 26.7 Å². The average molecular weight is 295 g/mol. The number of rotatable bonds is 9. The van der Waals surface area contributed by atoms with Crippen molar-refractivity contribution in [2.45, 2.75) is 41.0 Å².